The molecule has 2 heterocycles. The van der Waals surface area contributed by atoms with Crippen molar-refractivity contribution in [2.24, 2.45) is 0 Å². The van der Waals surface area contributed by atoms with Gasteiger partial charge in [0.25, 0.3) is 5.91 Å². The van der Waals surface area contributed by atoms with Gasteiger partial charge in [-0.1, -0.05) is 23.4 Å². The molecule has 1 amide bonds. The Morgan fingerprint density at radius 1 is 1.29 bits per heavy atom. The highest BCUT2D eigenvalue weighted by Crippen LogP contribution is 2.24. The zero-order valence-electron chi connectivity index (χ0n) is 13.8. The standard InChI is InChI=1S/C19H21N3O2/c1-2-22-16-9-5-3-7-13(16)11-17(22)19(23)20-12-15-14-8-4-6-10-18(14)24-21-15/h3,5,7,9,11H,2,4,6,8,10,12H2,1H3,(H,20,23). The van der Waals surface area contributed by atoms with Crippen LogP contribution in [0, 0.1) is 0 Å². The summed E-state index contributed by atoms with van der Waals surface area (Å²) in [5.41, 5.74) is 3.84. The number of hydrogen-bond acceptors (Lipinski definition) is 3. The number of nitrogens with one attached hydrogen (secondary N) is 1. The topological polar surface area (TPSA) is 60.1 Å². The summed E-state index contributed by atoms with van der Waals surface area (Å²) in [6, 6.07) is 10.0. The molecule has 0 radical (unpaired) electrons. The Hall–Kier alpha value is -2.56. The van der Waals surface area contributed by atoms with Crippen LogP contribution in [0.15, 0.2) is 34.9 Å². The van der Waals surface area contributed by atoms with E-state index in [0.29, 0.717) is 12.2 Å². The highest BCUT2D eigenvalue weighted by Gasteiger charge is 2.20. The molecule has 2 aromatic heterocycles. The summed E-state index contributed by atoms with van der Waals surface area (Å²) in [4.78, 5) is 12.7. The molecular weight excluding hydrogens is 302 g/mol. The van der Waals surface area contributed by atoms with Crippen LogP contribution in [0.3, 0.4) is 0 Å². The summed E-state index contributed by atoms with van der Waals surface area (Å²) in [7, 11) is 0. The largest absolute Gasteiger partial charge is 0.361 e. The summed E-state index contributed by atoms with van der Waals surface area (Å²) < 4.78 is 7.46. The van der Waals surface area contributed by atoms with E-state index in [1.807, 2.05) is 34.9 Å². The first-order chi connectivity index (χ1) is 11.8. The smallest absolute Gasteiger partial charge is 0.268 e. The van der Waals surface area contributed by atoms with Gasteiger partial charge in [0.05, 0.1) is 6.54 Å². The molecule has 0 spiro atoms. The average Bonchev–Trinajstić information content (AvgIpc) is 3.20. The molecule has 0 fully saturated rings. The number of benzene rings is 1. The number of carbonyl (C=O) groups excluding carboxylic acids is 1. The summed E-state index contributed by atoms with van der Waals surface area (Å²) in [5, 5.41) is 8.24. The van der Waals surface area contributed by atoms with E-state index < -0.39 is 0 Å². The van der Waals surface area contributed by atoms with Crippen molar-refractivity contribution in [3.05, 3.63) is 53.0 Å². The molecule has 0 saturated heterocycles. The number of hydrogen-bond donors (Lipinski definition) is 1. The van der Waals surface area contributed by atoms with Gasteiger partial charge < -0.3 is 14.4 Å². The summed E-state index contributed by atoms with van der Waals surface area (Å²) in [6.07, 6.45) is 4.28. The maximum Gasteiger partial charge on any atom is 0.268 e. The van der Waals surface area contributed by atoms with Gasteiger partial charge >= 0.3 is 0 Å². The third-order valence-corrected chi connectivity index (χ3v) is 4.81. The molecule has 1 aliphatic rings. The van der Waals surface area contributed by atoms with E-state index in [4.69, 9.17) is 4.52 Å². The van der Waals surface area contributed by atoms with Crippen molar-refractivity contribution in [3.63, 3.8) is 0 Å². The molecule has 0 aliphatic heterocycles. The number of aromatic nitrogens is 2. The Balaban J connectivity index is 1.55. The molecule has 24 heavy (non-hydrogen) atoms. The zero-order valence-corrected chi connectivity index (χ0v) is 13.8. The summed E-state index contributed by atoms with van der Waals surface area (Å²) in [5.74, 6) is 0.925. The number of carbonyl (C=O) groups is 1. The lowest BCUT2D eigenvalue weighted by Gasteiger charge is -2.10. The van der Waals surface area contributed by atoms with Gasteiger partial charge in [0.1, 0.15) is 17.1 Å². The van der Waals surface area contributed by atoms with Crippen LogP contribution in [0.5, 0.6) is 0 Å². The summed E-state index contributed by atoms with van der Waals surface area (Å²) >= 11 is 0. The van der Waals surface area contributed by atoms with E-state index in [1.54, 1.807) is 0 Å². The fourth-order valence-corrected chi connectivity index (χ4v) is 3.58. The Kier molecular flexibility index (Phi) is 3.84. The second kappa shape index (κ2) is 6.15. The van der Waals surface area contributed by atoms with Gasteiger partial charge in [-0.05, 0) is 38.3 Å². The molecular formula is C19H21N3O2. The SMILES string of the molecule is CCn1c(C(=O)NCc2noc3c2CCCC3)cc2ccccc21. The van der Waals surface area contributed by atoms with Gasteiger partial charge in [0.15, 0.2) is 0 Å². The van der Waals surface area contributed by atoms with E-state index in [2.05, 4.69) is 17.4 Å². The Morgan fingerprint density at radius 3 is 3.00 bits per heavy atom. The van der Waals surface area contributed by atoms with Gasteiger partial charge in [0, 0.05) is 29.4 Å². The van der Waals surface area contributed by atoms with Crippen molar-refractivity contribution < 1.29 is 9.32 Å². The molecule has 0 saturated carbocycles. The maximum atomic E-state index is 12.7. The molecule has 0 unspecified atom stereocenters. The van der Waals surface area contributed by atoms with Gasteiger partial charge in [-0.15, -0.1) is 0 Å². The summed E-state index contributed by atoms with van der Waals surface area (Å²) in [6.45, 7) is 3.23. The number of rotatable bonds is 4. The fraction of sp³-hybridized carbons (Fsp3) is 0.368. The van der Waals surface area contributed by atoms with Crippen molar-refractivity contribution in [3.8, 4) is 0 Å². The van der Waals surface area contributed by atoms with Crippen LogP contribution >= 0.6 is 0 Å². The number of para-hydroxylation sites is 1. The number of amides is 1. The molecule has 5 heteroatoms. The molecule has 1 aromatic carbocycles. The first-order valence-corrected chi connectivity index (χ1v) is 8.60. The van der Waals surface area contributed by atoms with E-state index in [-0.39, 0.29) is 5.91 Å². The van der Waals surface area contributed by atoms with Gasteiger partial charge in [-0.3, -0.25) is 4.79 Å². The molecule has 4 rings (SSSR count). The lowest BCUT2D eigenvalue weighted by Crippen LogP contribution is -2.26. The van der Waals surface area contributed by atoms with Crippen molar-refractivity contribution in [1.29, 1.82) is 0 Å². The van der Waals surface area contributed by atoms with E-state index >= 15 is 0 Å². The highest BCUT2D eigenvalue weighted by atomic mass is 16.5. The number of fused-ring (bicyclic) bond motifs is 2. The van der Waals surface area contributed by atoms with Crippen LogP contribution < -0.4 is 5.32 Å². The van der Waals surface area contributed by atoms with Gasteiger partial charge in [0.2, 0.25) is 0 Å². The van der Waals surface area contributed by atoms with E-state index in [1.165, 1.54) is 12.0 Å². The minimum Gasteiger partial charge on any atom is -0.361 e. The van der Waals surface area contributed by atoms with Crippen molar-refractivity contribution in [1.82, 2.24) is 15.0 Å². The van der Waals surface area contributed by atoms with E-state index in [9.17, 15) is 4.79 Å². The lowest BCUT2D eigenvalue weighted by molar-refractivity contribution is 0.0941. The first-order valence-electron chi connectivity index (χ1n) is 8.60. The van der Waals surface area contributed by atoms with Crippen LogP contribution in [0.25, 0.3) is 10.9 Å². The van der Waals surface area contributed by atoms with Crippen molar-refractivity contribution in [2.45, 2.75) is 45.7 Å². The van der Waals surface area contributed by atoms with E-state index in [0.717, 1.165) is 48.2 Å². The molecule has 5 nitrogen and oxygen atoms in total. The first kappa shape index (κ1) is 15.0. The second-order valence-corrected chi connectivity index (χ2v) is 6.25. The van der Waals surface area contributed by atoms with Crippen molar-refractivity contribution >= 4 is 16.8 Å². The highest BCUT2D eigenvalue weighted by molar-refractivity contribution is 5.98. The minimum absolute atomic E-state index is 0.0689. The normalized spacial score (nSPS) is 13.9. The van der Waals surface area contributed by atoms with Crippen LogP contribution in [0.4, 0.5) is 0 Å². The predicted molar refractivity (Wildman–Crippen MR) is 91.9 cm³/mol. The number of aryl methyl sites for hydroxylation is 2. The number of nitrogens with zero attached hydrogens (tertiary/aromatic N) is 2. The Labute approximate surface area is 140 Å². The van der Waals surface area contributed by atoms with Crippen LogP contribution in [0.1, 0.15) is 47.3 Å². The second-order valence-electron chi connectivity index (χ2n) is 6.25. The van der Waals surface area contributed by atoms with Crippen LogP contribution in [-0.2, 0) is 25.9 Å². The van der Waals surface area contributed by atoms with Gasteiger partial charge in [-0.2, -0.15) is 0 Å². The third-order valence-electron chi connectivity index (χ3n) is 4.81. The molecule has 0 atom stereocenters. The molecule has 1 N–H and O–H groups in total. The third kappa shape index (κ3) is 2.50. The Bertz CT molecular complexity index is 891. The molecule has 3 aromatic rings. The Morgan fingerprint density at radius 2 is 2.12 bits per heavy atom. The predicted octanol–water partition coefficient (Wildman–Crippen LogP) is 3.46. The average molecular weight is 323 g/mol. The quantitative estimate of drug-likeness (QED) is 0.800. The molecule has 124 valence electrons. The molecule has 1 aliphatic carbocycles. The fourth-order valence-electron chi connectivity index (χ4n) is 3.58. The lowest BCUT2D eigenvalue weighted by atomic mass is 9.96. The monoisotopic (exact) mass is 323 g/mol. The van der Waals surface area contributed by atoms with Crippen LogP contribution in [-0.4, -0.2) is 15.6 Å². The van der Waals surface area contributed by atoms with Crippen molar-refractivity contribution in [2.75, 3.05) is 0 Å². The maximum absolute atomic E-state index is 12.7. The van der Waals surface area contributed by atoms with Gasteiger partial charge in [-0.25, -0.2) is 0 Å². The molecule has 0 bridgehead atoms. The minimum atomic E-state index is -0.0689. The van der Waals surface area contributed by atoms with Crippen LogP contribution in [0.2, 0.25) is 0 Å². The zero-order chi connectivity index (χ0) is 16.5.